The first-order valence-corrected chi connectivity index (χ1v) is 8.80. The van der Waals surface area contributed by atoms with Gasteiger partial charge in [0.1, 0.15) is 0 Å². The number of hydrogen-bond donors (Lipinski definition) is 1. The molecule has 1 aliphatic heterocycles. The highest BCUT2D eigenvalue weighted by Gasteiger charge is 2.37. The summed E-state index contributed by atoms with van der Waals surface area (Å²) in [4.78, 5) is 26.7. The van der Waals surface area contributed by atoms with E-state index in [-0.39, 0.29) is 23.8 Å². The fraction of sp³-hybridized carbons (Fsp3) is 0.579. The van der Waals surface area contributed by atoms with Gasteiger partial charge in [0.15, 0.2) is 0 Å². The van der Waals surface area contributed by atoms with Crippen molar-refractivity contribution < 1.29 is 9.59 Å². The molecule has 1 aliphatic carbocycles. The third kappa shape index (κ3) is 3.74. The minimum Gasteiger partial charge on any atom is -0.353 e. The molecule has 1 N–H and O–H groups in total. The van der Waals surface area contributed by atoms with E-state index in [1.54, 1.807) is 0 Å². The van der Waals surface area contributed by atoms with Gasteiger partial charge in [-0.25, -0.2) is 0 Å². The zero-order valence-electron chi connectivity index (χ0n) is 13.8. The van der Waals surface area contributed by atoms with Crippen LogP contribution in [0.4, 0.5) is 0 Å². The highest BCUT2D eigenvalue weighted by atomic mass is 16.2. The Morgan fingerprint density at radius 2 is 1.87 bits per heavy atom. The van der Waals surface area contributed by atoms with Crippen molar-refractivity contribution in [2.75, 3.05) is 6.54 Å². The zero-order valence-corrected chi connectivity index (χ0v) is 13.8. The molecule has 1 aromatic rings. The van der Waals surface area contributed by atoms with Gasteiger partial charge in [0, 0.05) is 19.0 Å². The van der Waals surface area contributed by atoms with Gasteiger partial charge in [-0.2, -0.15) is 0 Å². The monoisotopic (exact) mass is 314 g/mol. The van der Waals surface area contributed by atoms with E-state index in [1.165, 1.54) is 19.3 Å². The summed E-state index contributed by atoms with van der Waals surface area (Å²) < 4.78 is 0. The third-order valence-electron chi connectivity index (χ3n) is 5.23. The molecule has 0 unspecified atom stereocenters. The second kappa shape index (κ2) is 7.16. The van der Waals surface area contributed by atoms with E-state index in [4.69, 9.17) is 0 Å². The molecule has 1 aromatic carbocycles. The Morgan fingerprint density at radius 3 is 2.57 bits per heavy atom. The van der Waals surface area contributed by atoms with Gasteiger partial charge >= 0.3 is 0 Å². The van der Waals surface area contributed by atoms with Crippen LogP contribution in [0.15, 0.2) is 30.3 Å². The largest absolute Gasteiger partial charge is 0.353 e. The fourth-order valence-electron chi connectivity index (χ4n) is 3.76. The first-order chi connectivity index (χ1) is 11.1. The summed E-state index contributed by atoms with van der Waals surface area (Å²) in [5.41, 5.74) is 1.12. The molecule has 0 spiro atoms. The van der Waals surface area contributed by atoms with Crippen LogP contribution in [0.3, 0.4) is 0 Å². The van der Waals surface area contributed by atoms with Crippen molar-refractivity contribution >= 4 is 11.8 Å². The molecular formula is C19H26N2O2. The van der Waals surface area contributed by atoms with Gasteiger partial charge in [0.05, 0.1) is 12.0 Å². The summed E-state index contributed by atoms with van der Waals surface area (Å²) in [6, 6.07) is 10.4. The average Bonchev–Trinajstić information content (AvgIpc) is 2.98. The van der Waals surface area contributed by atoms with Gasteiger partial charge in [0.2, 0.25) is 11.8 Å². The number of hydrogen-bond acceptors (Lipinski definition) is 2. The van der Waals surface area contributed by atoms with E-state index in [0.29, 0.717) is 19.0 Å². The molecule has 0 bridgehead atoms. The lowest BCUT2D eigenvalue weighted by Crippen LogP contribution is -2.40. The molecule has 2 atom stereocenters. The molecule has 23 heavy (non-hydrogen) atoms. The number of amides is 2. The molecule has 1 saturated heterocycles. The van der Waals surface area contributed by atoms with Crippen LogP contribution in [0, 0.1) is 5.92 Å². The molecule has 0 aromatic heterocycles. The van der Waals surface area contributed by atoms with Crippen LogP contribution >= 0.6 is 0 Å². The fourth-order valence-corrected chi connectivity index (χ4v) is 3.76. The predicted molar refractivity (Wildman–Crippen MR) is 89.7 cm³/mol. The van der Waals surface area contributed by atoms with Crippen molar-refractivity contribution in [3.05, 3.63) is 35.9 Å². The van der Waals surface area contributed by atoms with Crippen molar-refractivity contribution in [1.29, 1.82) is 0 Å². The summed E-state index contributed by atoms with van der Waals surface area (Å²) >= 11 is 0. The average molecular weight is 314 g/mol. The quantitative estimate of drug-likeness (QED) is 0.928. The lowest BCUT2D eigenvalue weighted by Gasteiger charge is -2.26. The van der Waals surface area contributed by atoms with Crippen molar-refractivity contribution in [1.82, 2.24) is 10.2 Å². The first kappa shape index (κ1) is 16.0. The lowest BCUT2D eigenvalue weighted by molar-refractivity contribution is -0.130. The zero-order chi connectivity index (χ0) is 16.2. The summed E-state index contributed by atoms with van der Waals surface area (Å²) in [5, 5.41) is 3.16. The molecule has 4 heteroatoms. The minimum atomic E-state index is -0.199. The summed E-state index contributed by atoms with van der Waals surface area (Å²) in [6.45, 7) is 2.57. The van der Waals surface area contributed by atoms with Gasteiger partial charge in [-0.15, -0.1) is 0 Å². The number of carbonyl (C=O) groups excluding carboxylic acids is 2. The van der Waals surface area contributed by atoms with Gasteiger partial charge in [-0.3, -0.25) is 9.59 Å². The van der Waals surface area contributed by atoms with Crippen LogP contribution in [0.5, 0.6) is 0 Å². The minimum absolute atomic E-state index is 0.0242. The van der Waals surface area contributed by atoms with E-state index < -0.39 is 0 Å². The normalized spacial score (nSPS) is 23.8. The van der Waals surface area contributed by atoms with E-state index in [2.05, 4.69) is 5.32 Å². The van der Waals surface area contributed by atoms with Crippen LogP contribution in [0.2, 0.25) is 0 Å². The molecule has 2 amide bonds. The molecule has 124 valence electrons. The molecule has 4 nitrogen and oxygen atoms in total. The lowest BCUT2D eigenvalue weighted by atomic mass is 9.95. The Labute approximate surface area is 138 Å². The topological polar surface area (TPSA) is 49.4 Å². The second-order valence-electron chi connectivity index (χ2n) is 6.88. The molecular weight excluding hydrogens is 288 g/mol. The Kier molecular flexibility index (Phi) is 4.99. The van der Waals surface area contributed by atoms with Crippen molar-refractivity contribution in [2.24, 2.45) is 5.92 Å². The number of nitrogens with one attached hydrogen (secondary N) is 1. The Hall–Kier alpha value is -1.84. The summed E-state index contributed by atoms with van der Waals surface area (Å²) in [7, 11) is 0. The van der Waals surface area contributed by atoms with Crippen LogP contribution in [-0.4, -0.2) is 29.3 Å². The number of rotatable bonds is 4. The van der Waals surface area contributed by atoms with Crippen molar-refractivity contribution in [3.63, 3.8) is 0 Å². The van der Waals surface area contributed by atoms with E-state index in [1.807, 2.05) is 42.2 Å². The number of likely N-dealkylation sites (tertiary alicyclic amines) is 1. The standard InChI is InChI=1S/C19H26N2O2/c1-14(15-8-4-2-5-9-15)21-13-16(12-18(21)22)19(23)20-17-10-6-3-7-11-17/h2,4-5,8-9,14,16-17H,3,6-7,10-13H2,1H3,(H,20,23)/t14-,16+/m0/s1. The third-order valence-corrected chi connectivity index (χ3v) is 5.23. The van der Waals surface area contributed by atoms with E-state index >= 15 is 0 Å². The molecule has 0 radical (unpaired) electrons. The summed E-state index contributed by atoms with van der Waals surface area (Å²) in [6.07, 6.45) is 6.18. The van der Waals surface area contributed by atoms with E-state index in [0.717, 1.165) is 18.4 Å². The van der Waals surface area contributed by atoms with Gasteiger partial charge in [0.25, 0.3) is 0 Å². The van der Waals surface area contributed by atoms with Gasteiger partial charge < -0.3 is 10.2 Å². The number of nitrogens with zero attached hydrogens (tertiary/aromatic N) is 1. The first-order valence-electron chi connectivity index (χ1n) is 8.80. The Morgan fingerprint density at radius 1 is 1.17 bits per heavy atom. The number of benzene rings is 1. The van der Waals surface area contributed by atoms with Crippen LogP contribution < -0.4 is 5.32 Å². The highest BCUT2D eigenvalue weighted by Crippen LogP contribution is 2.29. The molecule has 3 rings (SSSR count). The maximum atomic E-state index is 12.5. The van der Waals surface area contributed by atoms with Crippen LogP contribution in [-0.2, 0) is 9.59 Å². The maximum Gasteiger partial charge on any atom is 0.225 e. The van der Waals surface area contributed by atoms with Gasteiger partial charge in [-0.05, 0) is 25.3 Å². The number of carbonyl (C=O) groups is 2. The van der Waals surface area contributed by atoms with Gasteiger partial charge in [-0.1, -0.05) is 49.6 Å². The van der Waals surface area contributed by atoms with Crippen LogP contribution in [0.1, 0.15) is 57.1 Å². The Bertz CT molecular complexity index is 552. The Balaban J connectivity index is 1.59. The maximum absolute atomic E-state index is 12.5. The molecule has 1 heterocycles. The predicted octanol–water partition coefficient (Wildman–Crippen LogP) is 3.05. The molecule has 2 aliphatic rings. The molecule has 2 fully saturated rings. The summed E-state index contributed by atoms with van der Waals surface area (Å²) in [5.74, 6) is -0.0475. The second-order valence-corrected chi connectivity index (χ2v) is 6.88. The van der Waals surface area contributed by atoms with Crippen LogP contribution in [0.25, 0.3) is 0 Å². The SMILES string of the molecule is C[C@@H](c1ccccc1)N1C[C@H](C(=O)NC2CCCCC2)CC1=O. The van der Waals surface area contributed by atoms with E-state index in [9.17, 15) is 9.59 Å². The van der Waals surface area contributed by atoms with Crippen molar-refractivity contribution in [3.8, 4) is 0 Å². The highest BCUT2D eigenvalue weighted by molar-refractivity contribution is 5.89. The van der Waals surface area contributed by atoms with Crippen molar-refractivity contribution in [2.45, 2.75) is 57.5 Å². The molecule has 1 saturated carbocycles. The smallest absolute Gasteiger partial charge is 0.225 e.